The van der Waals surface area contributed by atoms with Crippen molar-refractivity contribution in [2.75, 3.05) is 37.7 Å². The Labute approximate surface area is 120 Å². The summed E-state index contributed by atoms with van der Waals surface area (Å²) in [5.41, 5.74) is 1.83. The molecule has 1 aromatic carbocycles. The van der Waals surface area contributed by atoms with Gasteiger partial charge in [-0.1, -0.05) is 0 Å². The van der Waals surface area contributed by atoms with E-state index < -0.39 is 0 Å². The molecule has 108 valence electrons. The molecule has 20 heavy (non-hydrogen) atoms. The first kappa shape index (κ1) is 13.4. The van der Waals surface area contributed by atoms with Crippen molar-refractivity contribution in [3.8, 4) is 0 Å². The number of anilines is 1. The van der Waals surface area contributed by atoms with Crippen LogP contribution in [0.4, 0.5) is 5.69 Å². The highest BCUT2D eigenvalue weighted by Crippen LogP contribution is 2.28. The zero-order valence-corrected chi connectivity index (χ0v) is 12.0. The molecule has 4 nitrogen and oxygen atoms in total. The molecule has 1 aliphatic carbocycles. The Kier molecular flexibility index (Phi) is 3.92. The minimum atomic E-state index is -0.238. The predicted molar refractivity (Wildman–Crippen MR) is 79.2 cm³/mol. The van der Waals surface area contributed by atoms with Gasteiger partial charge in [-0.15, -0.1) is 0 Å². The highest BCUT2D eigenvalue weighted by Gasteiger charge is 2.31. The van der Waals surface area contributed by atoms with Crippen LogP contribution in [0.2, 0.25) is 0 Å². The number of rotatable bonds is 4. The van der Waals surface area contributed by atoms with Crippen molar-refractivity contribution in [1.82, 2.24) is 4.90 Å². The average Bonchev–Trinajstić information content (AvgIpc) is 3.33. The number of ether oxygens (including phenoxy) is 1. The Morgan fingerprint density at radius 2 is 1.80 bits per heavy atom. The van der Waals surface area contributed by atoms with Gasteiger partial charge in [0.15, 0.2) is 0 Å². The van der Waals surface area contributed by atoms with Crippen LogP contribution in [-0.2, 0) is 4.74 Å². The van der Waals surface area contributed by atoms with E-state index in [1.165, 1.54) is 18.5 Å². The van der Waals surface area contributed by atoms with Gasteiger partial charge in [-0.2, -0.15) is 0 Å². The monoisotopic (exact) mass is 274 g/mol. The van der Waals surface area contributed by atoms with Gasteiger partial charge in [0.2, 0.25) is 0 Å². The predicted octanol–water partition coefficient (Wildman–Crippen LogP) is 2.15. The molecule has 2 fully saturated rings. The van der Waals surface area contributed by atoms with Crippen molar-refractivity contribution >= 4 is 11.7 Å². The second-order valence-electron chi connectivity index (χ2n) is 5.52. The largest absolute Gasteiger partial charge is 0.462 e. The summed E-state index contributed by atoms with van der Waals surface area (Å²) >= 11 is 0. The van der Waals surface area contributed by atoms with Crippen molar-refractivity contribution in [1.29, 1.82) is 0 Å². The third kappa shape index (κ3) is 2.96. The molecule has 4 heteroatoms. The first-order chi connectivity index (χ1) is 9.78. The van der Waals surface area contributed by atoms with Gasteiger partial charge in [0, 0.05) is 37.9 Å². The first-order valence-corrected chi connectivity index (χ1v) is 7.54. The molecule has 2 aliphatic rings. The minimum absolute atomic E-state index is 0.238. The Bertz CT molecular complexity index is 460. The molecule has 3 rings (SSSR count). The van der Waals surface area contributed by atoms with Crippen LogP contribution in [-0.4, -0.2) is 49.7 Å². The van der Waals surface area contributed by atoms with Crippen LogP contribution in [0.15, 0.2) is 24.3 Å². The summed E-state index contributed by atoms with van der Waals surface area (Å²) in [7, 11) is 0. The molecule has 1 aliphatic heterocycles. The van der Waals surface area contributed by atoms with Crippen molar-refractivity contribution in [2.45, 2.75) is 25.8 Å². The standard InChI is InChI=1S/C16H22N2O2/c1-2-20-16(19)13-3-5-14(6-4-13)17-9-11-18(12-10-17)15-7-8-15/h3-6,15H,2,7-12H2,1H3. The molecule has 0 spiro atoms. The number of carbonyl (C=O) groups is 1. The Balaban J connectivity index is 1.58. The third-order valence-electron chi connectivity index (χ3n) is 4.12. The summed E-state index contributed by atoms with van der Waals surface area (Å²) in [6.07, 6.45) is 2.77. The molecule has 0 atom stereocenters. The third-order valence-corrected chi connectivity index (χ3v) is 4.12. The van der Waals surface area contributed by atoms with Crippen LogP contribution in [0.1, 0.15) is 30.1 Å². The summed E-state index contributed by atoms with van der Waals surface area (Å²) in [4.78, 5) is 16.6. The van der Waals surface area contributed by atoms with Crippen molar-refractivity contribution in [3.63, 3.8) is 0 Å². The van der Waals surface area contributed by atoms with Gasteiger partial charge in [-0.05, 0) is 44.0 Å². The van der Waals surface area contributed by atoms with Gasteiger partial charge in [0.05, 0.1) is 12.2 Å². The summed E-state index contributed by atoms with van der Waals surface area (Å²) < 4.78 is 5.00. The SMILES string of the molecule is CCOC(=O)c1ccc(N2CCN(C3CC3)CC2)cc1. The molecular formula is C16H22N2O2. The molecule has 0 N–H and O–H groups in total. The van der Waals surface area contributed by atoms with Gasteiger partial charge in [-0.25, -0.2) is 4.79 Å². The van der Waals surface area contributed by atoms with Crippen LogP contribution in [0.25, 0.3) is 0 Å². The zero-order chi connectivity index (χ0) is 13.9. The number of hydrogen-bond acceptors (Lipinski definition) is 4. The maximum atomic E-state index is 11.6. The summed E-state index contributed by atoms with van der Waals surface area (Å²) in [6, 6.07) is 8.64. The van der Waals surface area contributed by atoms with Gasteiger partial charge in [0.1, 0.15) is 0 Å². The number of carbonyl (C=O) groups excluding carboxylic acids is 1. The summed E-state index contributed by atoms with van der Waals surface area (Å²) in [5, 5.41) is 0. The van der Waals surface area contributed by atoms with Gasteiger partial charge in [0.25, 0.3) is 0 Å². The zero-order valence-electron chi connectivity index (χ0n) is 12.0. The van der Waals surface area contributed by atoms with Crippen molar-refractivity contribution < 1.29 is 9.53 Å². The van der Waals surface area contributed by atoms with Crippen LogP contribution in [0.5, 0.6) is 0 Å². The Hall–Kier alpha value is -1.55. The second-order valence-corrected chi connectivity index (χ2v) is 5.52. The fourth-order valence-corrected chi connectivity index (χ4v) is 2.81. The smallest absolute Gasteiger partial charge is 0.338 e. The second kappa shape index (κ2) is 5.83. The lowest BCUT2D eigenvalue weighted by Gasteiger charge is -2.36. The molecule has 0 amide bonds. The molecule has 0 unspecified atom stereocenters. The minimum Gasteiger partial charge on any atom is -0.462 e. The number of esters is 1. The summed E-state index contributed by atoms with van der Waals surface area (Å²) in [5.74, 6) is -0.238. The number of piperazine rings is 1. The van der Waals surface area contributed by atoms with Crippen molar-refractivity contribution in [3.05, 3.63) is 29.8 Å². The first-order valence-electron chi connectivity index (χ1n) is 7.54. The van der Waals surface area contributed by atoms with Crippen LogP contribution in [0, 0.1) is 0 Å². The highest BCUT2D eigenvalue weighted by atomic mass is 16.5. The van der Waals surface area contributed by atoms with Crippen molar-refractivity contribution in [2.24, 2.45) is 0 Å². The van der Waals surface area contributed by atoms with Gasteiger partial charge in [-0.3, -0.25) is 4.90 Å². The van der Waals surface area contributed by atoms with E-state index in [9.17, 15) is 4.79 Å². The van der Waals surface area contributed by atoms with E-state index in [4.69, 9.17) is 4.74 Å². The maximum absolute atomic E-state index is 11.6. The fraction of sp³-hybridized carbons (Fsp3) is 0.562. The molecule has 1 saturated heterocycles. The molecular weight excluding hydrogens is 252 g/mol. The van der Waals surface area contributed by atoms with E-state index in [-0.39, 0.29) is 5.97 Å². The molecule has 1 saturated carbocycles. The fourth-order valence-electron chi connectivity index (χ4n) is 2.81. The normalized spacial score (nSPS) is 19.9. The number of hydrogen-bond donors (Lipinski definition) is 0. The van der Waals surface area contributed by atoms with E-state index in [2.05, 4.69) is 9.80 Å². The number of benzene rings is 1. The van der Waals surface area contributed by atoms with Crippen LogP contribution < -0.4 is 4.90 Å². The van der Waals surface area contributed by atoms with Crippen LogP contribution >= 0.6 is 0 Å². The van der Waals surface area contributed by atoms with Gasteiger partial charge < -0.3 is 9.64 Å². The van der Waals surface area contributed by atoms with E-state index in [0.717, 1.165) is 32.2 Å². The highest BCUT2D eigenvalue weighted by molar-refractivity contribution is 5.89. The van der Waals surface area contributed by atoms with E-state index in [1.807, 2.05) is 31.2 Å². The quantitative estimate of drug-likeness (QED) is 0.788. The van der Waals surface area contributed by atoms with E-state index >= 15 is 0 Å². The molecule has 1 heterocycles. The average molecular weight is 274 g/mol. The lowest BCUT2D eigenvalue weighted by Crippen LogP contribution is -2.47. The number of nitrogens with zero attached hydrogens (tertiary/aromatic N) is 2. The molecule has 0 radical (unpaired) electrons. The molecule has 0 aromatic heterocycles. The molecule has 1 aromatic rings. The molecule has 0 bridgehead atoms. The van der Waals surface area contributed by atoms with Crippen LogP contribution in [0.3, 0.4) is 0 Å². The van der Waals surface area contributed by atoms with E-state index in [1.54, 1.807) is 0 Å². The lowest BCUT2D eigenvalue weighted by atomic mass is 10.2. The van der Waals surface area contributed by atoms with E-state index in [0.29, 0.717) is 12.2 Å². The van der Waals surface area contributed by atoms with Gasteiger partial charge >= 0.3 is 5.97 Å². The maximum Gasteiger partial charge on any atom is 0.338 e. The topological polar surface area (TPSA) is 32.8 Å². The Morgan fingerprint density at radius 3 is 2.35 bits per heavy atom. The lowest BCUT2D eigenvalue weighted by molar-refractivity contribution is 0.0526. The summed E-state index contributed by atoms with van der Waals surface area (Å²) in [6.45, 7) is 6.72. The Morgan fingerprint density at radius 1 is 1.15 bits per heavy atom.